The summed E-state index contributed by atoms with van der Waals surface area (Å²) in [7, 11) is 3.87. The highest BCUT2D eigenvalue weighted by molar-refractivity contribution is 7.99. The predicted octanol–water partition coefficient (Wildman–Crippen LogP) is 1.34. The molecule has 0 spiro atoms. The third-order valence-electron chi connectivity index (χ3n) is 2.75. The molecule has 1 aromatic heterocycles. The second-order valence-electron chi connectivity index (χ2n) is 4.20. The fourth-order valence-electron chi connectivity index (χ4n) is 1.73. The number of nitrogens with zero attached hydrogens (tertiary/aromatic N) is 3. The monoisotopic (exact) mass is 251 g/mol. The number of hydrogen-bond donors (Lipinski definition) is 0. The van der Waals surface area contributed by atoms with Crippen LogP contribution >= 0.6 is 11.8 Å². The first-order valence-corrected chi connectivity index (χ1v) is 6.84. The first-order chi connectivity index (χ1) is 8.18. The molecular weight excluding hydrogens is 234 g/mol. The largest absolute Gasteiger partial charge is 0.363 e. The van der Waals surface area contributed by atoms with Crippen LogP contribution in [0.25, 0.3) is 0 Å². The van der Waals surface area contributed by atoms with E-state index in [1.807, 2.05) is 47.8 Å². The van der Waals surface area contributed by atoms with Crippen molar-refractivity contribution in [2.24, 2.45) is 0 Å². The smallest absolute Gasteiger partial charge is 0.255 e. The molecule has 1 aliphatic rings. The molecule has 5 heteroatoms. The van der Waals surface area contributed by atoms with E-state index in [1.54, 1.807) is 6.20 Å². The molecule has 17 heavy (non-hydrogen) atoms. The lowest BCUT2D eigenvalue weighted by Crippen LogP contribution is -2.37. The van der Waals surface area contributed by atoms with Crippen molar-refractivity contribution in [1.29, 1.82) is 0 Å². The van der Waals surface area contributed by atoms with Gasteiger partial charge in [0.05, 0.1) is 5.56 Å². The molecular formula is C12H17N3OS. The number of anilines is 1. The fourth-order valence-corrected chi connectivity index (χ4v) is 2.63. The average molecular weight is 251 g/mol. The fraction of sp³-hybridized carbons (Fsp3) is 0.500. The van der Waals surface area contributed by atoms with Crippen LogP contribution in [0.3, 0.4) is 0 Å². The van der Waals surface area contributed by atoms with Crippen LogP contribution < -0.4 is 4.90 Å². The summed E-state index contributed by atoms with van der Waals surface area (Å²) in [6, 6.07) is 3.73. The van der Waals surface area contributed by atoms with Crippen LogP contribution in [0.15, 0.2) is 18.3 Å². The number of pyridine rings is 1. The molecule has 0 N–H and O–H groups in total. The number of aromatic nitrogens is 1. The van der Waals surface area contributed by atoms with Crippen molar-refractivity contribution < 1.29 is 4.79 Å². The lowest BCUT2D eigenvalue weighted by atomic mass is 10.2. The van der Waals surface area contributed by atoms with Gasteiger partial charge in [0.2, 0.25) is 0 Å². The van der Waals surface area contributed by atoms with Gasteiger partial charge in [-0.25, -0.2) is 4.98 Å². The zero-order valence-corrected chi connectivity index (χ0v) is 11.0. The van der Waals surface area contributed by atoms with Gasteiger partial charge in [0, 0.05) is 44.9 Å². The van der Waals surface area contributed by atoms with Gasteiger partial charge >= 0.3 is 0 Å². The number of carbonyl (C=O) groups excluding carboxylic acids is 1. The average Bonchev–Trinajstić information content (AvgIpc) is 2.39. The molecule has 0 atom stereocenters. The second-order valence-corrected chi connectivity index (χ2v) is 5.43. The highest BCUT2D eigenvalue weighted by atomic mass is 32.2. The van der Waals surface area contributed by atoms with Gasteiger partial charge in [-0.1, -0.05) is 0 Å². The van der Waals surface area contributed by atoms with Crippen LogP contribution in [0.2, 0.25) is 0 Å². The Kier molecular flexibility index (Phi) is 3.89. The summed E-state index contributed by atoms with van der Waals surface area (Å²) in [5.74, 6) is 3.04. The number of hydrogen-bond acceptors (Lipinski definition) is 4. The molecule has 0 unspecified atom stereocenters. The van der Waals surface area contributed by atoms with E-state index >= 15 is 0 Å². The van der Waals surface area contributed by atoms with Crippen molar-refractivity contribution in [3.63, 3.8) is 0 Å². The van der Waals surface area contributed by atoms with Gasteiger partial charge in [-0.15, -0.1) is 0 Å². The summed E-state index contributed by atoms with van der Waals surface area (Å²) in [4.78, 5) is 20.2. The molecule has 2 rings (SSSR count). The highest BCUT2D eigenvalue weighted by Gasteiger charge is 2.18. The quantitative estimate of drug-likeness (QED) is 0.795. The molecule has 1 amide bonds. The third kappa shape index (κ3) is 2.91. The van der Waals surface area contributed by atoms with Gasteiger partial charge in [0.1, 0.15) is 5.82 Å². The Hall–Kier alpha value is -1.23. The predicted molar refractivity (Wildman–Crippen MR) is 71.8 cm³/mol. The van der Waals surface area contributed by atoms with Crippen molar-refractivity contribution in [2.45, 2.75) is 0 Å². The van der Waals surface area contributed by atoms with Crippen LogP contribution in [0, 0.1) is 0 Å². The van der Waals surface area contributed by atoms with E-state index < -0.39 is 0 Å². The minimum Gasteiger partial charge on any atom is -0.363 e. The van der Waals surface area contributed by atoms with Crippen molar-refractivity contribution in [2.75, 3.05) is 43.6 Å². The first kappa shape index (κ1) is 12.2. The Morgan fingerprint density at radius 1 is 1.35 bits per heavy atom. The van der Waals surface area contributed by atoms with E-state index in [2.05, 4.69) is 4.98 Å². The van der Waals surface area contributed by atoms with Crippen molar-refractivity contribution in [3.8, 4) is 0 Å². The zero-order valence-electron chi connectivity index (χ0n) is 10.2. The Balaban J connectivity index is 2.08. The van der Waals surface area contributed by atoms with Crippen LogP contribution in [-0.4, -0.2) is 54.5 Å². The molecule has 1 saturated heterocycles. The number of thioether (sulfide) groups is 1. The Morgan fingerprint density at radius 3 is 2.59 bits per heavy atom. The molecule has 1 aromatic rings. The van der Waals surface area contributed by atoms with Gasteiger partial charge in [-0.2, -0.15) is 11.8 Å². The molecule has 2 heterocycles. The standard InChI is InChI=1S/C12H17N3OS/c1-14(2)11-4-3-10(9-13-11)12(16)15-5-7-17-8-6-15/h3-4,9H,5-8H2,1-2H3. The summed E-state index contributed by atoms with van der Waals surface area (Å²) in [6.07, 6.45) is 1.67. The Labute approximate surface area is 106 Å². The first-order valence-electron chi connectivity index (χ1n) is 5.69. The van der Waals surface area contributed by atoms with E-state index in [1.165, 1.54) is 0 Å². The normalized spacial score (nSPS) is 15.8. The minimum absolute atomic E-state index is 0.100. The molecule has 1 aliphatic heterocycles. The minimum atomic E-state index is 0.100. The topological polar surface area (TPSA) is 36.4 Å². The van der Waals surface area contributed by atoms with Crippen molar-refractivity contribution in [1.82, 2.24) is 9.88 Å². The van der Waals surface area contributed by atoms with E-state index in [0.717, 1.165) is 30.4 Å². The molecule has 0 aliphatic carbocycles. The molecule has 0 bridgehead atoms. The number of amides is 1. The van der Waals surface area contributed by atoms with E-state index in [4.69, 9.17) is 0 Å². The maximum atomic E-state index is 12.1. The summed E-state index contributed by atoms with van der Waals surface area (Å²) in [6.45, 7) is 1.69. The Bertz CT molecular complexity index is 385. The lowest BCUT2D eigenvalue weighted by molar-refractivity contribution is 0.0772. The molecule has 1 fully saturated rings. The number of carbonyl (C=O) groups is 1. The van der Waals surface area contributed by atoms with Crippen LogP contribution in [-0.2, 0) is 0 Å². The number of rotatable bonds is 2. The van der Waals surface area contributed by atoms with E-state index in [-0.39, 0.29) is 5.91 Å². The second kappa shape index (κ2) is 5.40. The third-order valence-corrected chi connectivity index (χ3v) is 3.69. The van der Waals surface area contributed by atoms with Gasteiger partial charge in [0.15, 0.2) is 0 Å². The maximum absolute atomic E-state index is 12.1. The van der Waals surface area contributed by atoms with Gasteiger partial charge in [-0.05, 0) is 12.1 Å². The molecule has 4 nitrogen and oxygen atoms in total. The van der Waals surface area contributed by atoms with Gasteiger partial charge in [0.25, 0.3) is 5.91 Å². The summed E-state index contributed by atoms with van der Waals surface area (Å²) < 4.78 is 0. The lowest BCUT2D eigenvalue weighted by Gasteiger charge is -2.26. The van der Waals surface area contributed by atoms with Crippen LogP contribution in [0.5, 0.6) is 0 Å². The van der Waals surface area contributed by atoms with Crippen LogP contribution in [0.4, 0.5) is 5.82 Å². The van der Waals surface area contributed by atoms with Crippen molar-refractivity contribution in [3.05, 3.63) is 23.9 Å². The SMILES string of the molecule is CN(C)c1ccc(C(=O)N2CCSCC2)cn1. The molecule has 92 valence electrons. The summed E-state index contributed by atoms with van der Waals surface area (Å²) in [5.41, 5.74) is 0.683. The highest BCUT2D eigenvalue weighted by Crippen LogP contribution is 2.14. The molecule has 0 aromatic carbocycles. The van der Waals surface area contributed by atoms with Gasteiger partial charge < -0.3 is 9.80 Å². The van der Waals surface area contributed by atoms with Crippen LogP contribution in [0.1, 0.15) is 10.4 Å². The summed E-state index contributed by atoms with van der Waals surface area (Å²) in [5, 5.41) is 0. The molecule has 0 radical (unpaired) electrons. The van der Waals surface area contributed by atoms with Gasteiger partial charge in [-0.3, -0.25) is 4.79 Å². The van der Waals surface area contributed by atoms with E-state index in [9.17, 15) is 4.79 Å². The van der Waals surface area contributed by atoms with E-state index in [0.29, 0.717) is 5.56 Å². The van der Waals surface area contributed by atoms with Crippen molar-refractivity contribution >= 4 is 23.5 Å². The molecule has 0 saturated carbocycles. The summed E-state index contributed by atoms with van der Waals surface area (Å²) >= 11 is 1.90. The zero-order chi connectivity index (χ0) is 12.3. The Morgan fingerprint density at radius 2 is 2.06 bits per heavy atom. The maximum Gasteiger partial charge on any atom is 0.255 e.